The van der Waals surface area contributed by atoms with E-state index >= 15 is 0 Å². The van der Waals surface area contributed by atoms with Crippen molar-refractivity contribution in [3.05, 3.63) is 61.3 Å². The molecule has 1 aliphatic heterocycles. The van der Waals surface area contributed by atoms with Crippen LogP contribution < -0.4 is 5.73 Å². The van der Waals surface area contributed by atoms with Gasteiger partial charge in [0.15, 0.2) is 17.7 Å². The molecule has 1 saturated heterocycles. The lowest BCUT2D eigenvalue weighted by atomic mass is 10.0. The molecule has 0 spiro atoms. The second-order valence-corrected chi connectivity index (χ2v) is 8.88. The zero-order valence-corrected chi connectivity index (χ0v) is 18.4. The van der Waals surface area contributed by atoms with E-state index in [2.05, 4.69) is 15.1 Å². The zero-order chi connectivity index (χ0) is 22.6. The number of pyridine rings is 2. The highest BCUT2D eigenvalue weighted by Gasteiger charge is 2.33. The van der Waals surface area contributed by atoms with Crippen LogP contribution in [0, 0.1) is 0 Å². The molecule has 5 aromatic rings. The Labute approximate surface area is 190 Å². The van der Waals surface area contributed by atoms with Crippen LogP contribution in [0.4, 0.5) is 5.82 Å². The van der Waals surface area contributed by atoms with Crippen molar-refractivity contribution in [1.82, 2.24) is 19.7 Å². The molecule has 8 nitrogen and oxygen atoms in total. The Morgan fingerprint density at radius 3 is 2.88 bits per heavy atom. The number of benzene rings is 1. The van der Waals surface area contributed by atoms with Crippen LogP contribution in [-0.4, -0.2) is 38.2 Å². The van der Waals surface area contributed by atoms with Gasteiger partial charge in [-0.1, -0.05) is 18.2 Å². The Kier molecular flexibility index (Phi) is 4.46. The van der Waals surface area contributed by atoms with E-state index in [9.17, 15) is 0 Å². The third kappa shape index (κ3) is 3.53. The Morgan fingerprint density at radius 1 is 1.12 bits per heavy atom. The lowest BCUT2D eigenvalue weighted by Crippen LogP contribution is -2.24. The van der Waals surface area contributed by atoms with E-state index in [0.29, 0.717) is 24.6 Å². The van der Waals surface area contributed by atoms with Crippen molar-refractivity contribution >= 4 is 27.6 Å². The van der Waals surface area contributed by atoms with Crippen molar-refractivity contribution in [2.45, 2.75) is 32.3 Å². The van der Waals surface area contributed by atoms with E-state index in [1.165, 1.54) is 0 Å². The van der Waals surface area contributed by atoms with Gasteiger partial charge in [-0.15, -0.1) is 0 Å². The van der Waals surface area contributed by atoms with Crippen LogP contribution in [0.2, 0.25) is 0 Å². The van der Waals surface area contributed by atoms with Crippen LogP contribution in [-0.2, 0) is 16.0 Å². The number of aromatic nitrogens is 4. The first kappa shape index (κ1) is 19.9. The molecular formula is C25H23N5O3. The number of rotatable bonds is 4. The minimum absolute atomic E-state index is 0.279. The predicted molar refractivity (Wildman–Crippen MR) is 125 cm³/mol. The summed E-state index contributed by atoms with van der Waals surface area (Å²) in [5.74, 6) is 1.08. The van der Waals surface area contributed by atoms with Gasteiger partial charge in [-0.2, -0.15) is 5.10 Å². The maximum Gasteiger partial charge on any atom is 0.177 e. The van der Waals surface area contributed by atoms with Crippen molar-refractivity contribution < 1.29 is 13.9 Å². The molecule has 4 aromatic heterocycles. The Balaban J connectivity index is 1.39. The first-order chi connectivity index (χ1) is 16.0. The number of nitrogen functional groups attached to an aromatic ring is 1. The molecule has 166 valence electrons. The summed E-state index contributed by atoms with van der Waals surface area (Å²) in [4.78, 5) is 8.59. The zero-order valence-electron chi connectivity index (χ0n) is 18.4. The number of furan rings is 1. The summed E-state index contributed by atoms with van der Waals surface area (Å²) in [6.07, 6.45) is 8.83. The molecule has 1 aliphatic rings. The average molecular weight is 441 g/mol. The molecular weight excluding hydrogens is 418 g/mol. The summed E-state index contributed by atoms with van der Waals surface area (Å²) in [6.45, 7) is 5.11. The smallest absolute Gasteiger partial charge is 0.177 e. The SMILES string of the molecule is CC1(C)COC(Cn2cc(-c3cnc(N)c4oc(-c5cccc6cnccc56)cc34)cn2)O1. The molecule has 5 heterocycles. The number of ether oxygens (including phenoxy) is 2. The average Bonchev–Trinajstić information content (AvgIpc) is 3.53. The maximum atomic E-state index is 6.22. The van der Waals surface area contributed by atoms with Crippen LogP contribution in [0.5, 0.6) is 0 Å². The minimum atomic E-state index is -0.321. The largest absolute Gasteiger partial charge is 0.452 e. The van der Waals surface area contributed by atoms with E-state index in [1.807, 2.05) is 67.5 Å². The number of nitrogens with zero attached hydrogens (tertiary/aromatic N) is 4. The van der Waals surface area contributed by atoms with Gasteiger partial charge in [0.2, 0.25) is 0 Å². The summed E-state index contributed by atoms with van der Waals surface area (Å²) >= 11 is 0. The van der Waals surface area contributed by atoms with Crippen LogP contribution in [0.25, 0.3) is 44.2 Å². The standard InChI is InChI=1S/C25H23N5O3/c1-25(2)14-31-22(33-25)13-30-12-16(10-29-30)20-11-28-24(26)23-19(20)8-21(32-23)18-5-3-4-15-9-27-7-6-17(15)18/h3-12,22H,13-14H2,1-2H3,(H2,26,28). The second-order valence-electron chi connectivity index (χ2n) is 8.88. The van der Waals surface area contributed by atoms with Gasteiger partial charge < -0.3 is 19.6 Å². The first-order valence-electron chi connectivity index (χ1n) is 10.8. The predicted octanol–water partition coefficient (Wildman–Crippen LogP) is 4.64. The number of fused-ring (bicyclic) bond motifs is 2. The molecule has 33 heavy (non-hydrogen) atoms. The van der Waals surface area contributed by atoms with Gasteiger partial charge in [-0.05, 0) is 31.4 Å². The van der Waals surface area contributed by atoms with Gasteiger partial charge >= 0.3 is 0 Å². The van der Waals surface area contributed by atoms with Crippen molar-refractivity contribution in [2.75, 3.05) is 12.3 Å². The monoisotopic (exact) mass is 441 g/mol. The van der Waals surface area contributed by atoms with Crippen molar-refractivity contribution in [1.29, 1.82) is 0 Å². The van der Waals surface area contributed by atoms with Gasteiger partial charge in [-0.25, -0.2) is 4.98 Å². The highest BCUT2D eigenvalue weighted by molar-refractivity contribution is 6.03. The van der Waals surface area contributed by atoms with E-state index in [4.69, 9.17) is 19.6 Å². The molecule has 0 radical (unpaired) electrons. The van der Waals surface area contributed by atoms with Crippen molar-refractivity contribution in [3.63, 3.8) is 0 Å². The van der Waals surface area contributed by atoms with Crippen molar-refractivity contribution in [3.8, 4) is 22.5 Å². The summed E-state index contributed by atoms with van der Waals surface area (Å²) in [7, 11) is 0. The highest BCUT2D eigenvalue weighted by atomic mass is 16.7. The molecule has 1 fully saturated rings. The van der Waals surface area contributed by atoms with Crippen LogP contribution in [0.3, 0.4) is 0 Å². The Hall–Kier alpha value is -3.75. The lowest BCUT2D eigenvalue weighted by Gasteiger charge is -2.15. The van der Waals surface area contributed by atoms with Gasteiger partial charge in [0.25, 0.3) is 0 Å². The van der Waals surface area contributed by atoms with Crippen LogP contribution >= 0.6 is 0 Å². The normalized spacial score (nSPS) is 17.8. The van der Waals surface area contributed by atoms with Crippen LogP contribution in [0.1, 0.15) is 13.8 Å². The fraction of sp³-hybridized carbons (Fsp3) is 0.240. The van der Waals surface area contributed by atoms with Gasteiger partial charge in [-0.3, -0.25) is 9.67 Å². The minimum Gasteiger partial charge on any atom is -0.452 e. The third-order valence-corrected chi connectivity index (χ3v) is 5.88. The number of nitrogens with two attached hydrogens (primary N) is 1. The molecule has 0 aliphatic carbocycles. The molecule has 6 rings (SSSR count). The van der Waals surface area contributed by atoms with E-state index in [0.717, 1.165) is 38.6 Å². The molecule has 2 N–H and O–H groups in total. The van der Waals surface area contributed by atoms with E-state index < -0.39 is 0 Å². The molecule has 8 heteroatoms. The molecule has 0 amide bonds. The fourth-order valence-electron chi connectivity index (χ4n) is 4.31. The molecule has 1 aromatic carbocycles. The maximum absolute atomic E-state index is 6.22. The third-order valence-electron chi connectivity index (χ3n) is 5.88. The molecule has 0 saturated carbocycles. The summed E-state index contributed by atoms with van der Waals surface area (Å²) in [6, 6.07) is 10.1. The van der Waals surface area contributed by atoms with E-state index in [-0.39, 0.29) is 11.9 Å². The highest BCUT2D eigenvalue weighted by Crippen LogP contribution is 2.38. The quantitative estimate of drug-likeness (QED) is 0.433. The second kappa shape index (κ2) is 7.40. The Morgan fingerprint density at radius 2 is 2.03 bits per heavy atom. The van der Waals surface area contributed by atoms with Gasteiger partial charge in [0.05, 0.1) is 24.9 Å². The fourth-order valence-corrected chi connectivity index (χ4v) is 4.31. The molecule has 0 bridgehead atoms. The van der Waals surface area contributed by atoms with Crippen LogP contribution in [0.15, 0.2) is 65.7 Å². The van der Waals surface area contributed by atoms with Gasteiger partial charge in [0.1, 0.15) is 5.76 Å². The molecule has 1 atom stereocenters. The van der Waals surface area contributed by atoms with Gasteiger partial charge in [0, 0.05) is 52.3 Å². The first-order valence-corrected chi connectivity index (χ1v) is 10.8. The lowest BCUT2D eigenvalue weighted by molar-refractivity contribution is -0.0885. The molecule has 1 unspecified atom stereocenters. The number of hydrogen-bond donors (Lipinski definition) is 1. The number of anilines is 1. The summed E-state index contributed by atoms with van der Waals surface area (Å²) in [5, 5.41) is 7.49. The summed E-state index contributed by atoms with van der Waals surface area (Å²) in [5.41, 5.74) is 9.25. The topological polar surface area (TPSA) is 101 Å². The van der Waals surface area contributed by atoms with E-state index in [1.54, 1.807) is 12.4 Å². The Bertz CT molecular complexity index is 1480. The number of hydrogen-bond acceptors (Lipinski definition) is 7. The van der Waals surface area contributed by atoms with Crippen molar-refractivity contribution in [2.24, 2.45) is 0 Å². The summed E-state index contributed by atoms with van der Waals surface area (Å²) < 4.78 is 19.7.